The smallest absolute Gasteiger partial charge is 0.0625 e. The van der Waals surface area contributed by atoms with Crippen LogP contribution in [-0.4, -0.2) is 6.21 Å². The van der Waals surface area contributed by atoms with Crippen LogP contribution in [0.5, 0.6) is 0 Å². The molecule has 10 heavy (non-hydrogen) atoms. The van der Waals surface area contributed by atoms with Crippen LogP contribution >= 0.6 is 0 Å². The molecule has 1 aromatic carbocycles. The van der Waals surface area contributed by atoms with Crippen LogP contribution in [0, 0.1) is 6.92 Å². The highest BCUT2D eigenvalue weighted by molar-refractivity contribution is 5.63. The fourth-order valence-corrected chi connectivity index (χ4v) is 0.684. The lowest BCUT2D eigenvalue weighted by Crippen LogP contribution is -1.66. The van der Waals surface area contributed by atoms with Gasteiger partial charge in [-0.3, -0.25) is 4.99 Å². The Morgan fingerprint density at radius 3 is 2.60 bits per heavy atom. The molecule has 0 amide bonds. The molecule has 0 aliphatic rings. The lowest BCUT2D eigenvalue weighted by molar-refractivity contribution is 1.46. The molecule has 51 valence electrons. The van der Waals surface area contributed by atoms with Crippen LogP contribution in [0.1, 0.15) is 6.42 Å². The van der Waals surface area contributed by atoms with Gasteiger partial charge in [0, 0.05) is 6.21 Å². The second-order valence-corrected chi connectivity index (χ2v) is 1.94. The van der Waals surface area contributed by atoms with Crippen molar-refractivity contribution >= 4 is 11.9 Å². The van der Waals surface area contributed by atoms with Crippen molar-refractivity contribution in [1.29, 1.82) is 0 Å². The van der Waals surface area contributed by atoms with E-state index in [1.807, 2.05) is 30.3 Å². The van der Waals surface area contributed by atoms with E-state index in [-0.39, 0.29) is 0 Å². The summed E-state index contributed by atoms with van der Waals surface area (Å²) in [5, 5.41) is 0. The van der Waals surface area contributed by atoms with Crippen LogP contribution in [0.4, 0.5) is 5.69 Å². The highest BCUT2D eigenvalue weighted by Crippen LogP contribution is 2.08. The van der Waals surface area contributed by atoms with Crippen molar-refractivity contribution in [2.75, 3.05) is 0 Å². The summed E-state index contributed by atoms with van der Waals surface area (Å²) in [5.41, 5.74) is 0.992. The van der Waals surface area contributed by atoms with Gasteiger partial charge in [0.15, 0.2) is 0 Å². The average molecular weight is 132 g/mol. The Hall–Kier alpha value is -1.11. The molecule has 0 spiro atoms. The highest BCUT2D eigenvalue weighted by atomic mass is 14.7. The topological polar surface area (TPSA) is 12.4 Å². The molecule has 1 heteroatoms. The van der Waals surface area contributed by atoms with Gasteiger partial charge >= 0.3 is 0 Å². The Balaban J connectivity index is 2.67. The van der Waals surface area contributed by atoms with Crippen molar-refractivity contribution in [1.82, 2.24) is 0 Å². The van der Waals surface area contributed by atoms with Crippen molar-refractivity contribution in [3.63, 3.8) is 0 Å². The second-order valence-electron chi connectivity index (χ2n) is 1.94. The minimum Gasteiger partial charge on any atom is -0.261 e. The summed E-state index contributed by atoms with van der Waals surface area (Å²) < 4.78 is 0. The zero-order chi connectivity index (χ0) is 7.23. The van der Waals surface area contributed by atoms with Crippen LogP contribution in [0.25, 0.3) is 0 Å². The van der Waals surface area contributed by atoms with Gasteiger partial charge < -0.3 is 0 Å². The van der Waals surface area contributed by atoms with Gasteiger partial charge in [-0.05, 0) is 25.5 Å². The largest absolute Gasteiger partial charge is 0.261 e. The minimum absolute atomic E-state index is 0.745. The molecule has 0 unspecified atom stereocenters. The molecule has 1 nitrogen and oxygen atoms in total. The molecule has 0 aliphatic heterocycles. The van der Waals surface area contributed by atoms with Gasteiger partial charge in [0.1, 0.15) is 0 Å². The van der Waals surface area contributed by atoms with E-state index >= 15 is 0 Å². The summed E-state index contributed by atoms with van der Waals surface area (Å²) in [5.74, 6) is 0. The Morgan fingerprint density at radius 1 is 1.30 bits per heavy atom. The van der Waals surface area contributed by atoms with Crippen molar-refractivity contribution in [2.24, 2.45) is 4.99 Å². The molecule has 0 N–H and O–H groups in total. The number of aliphatic imine (C=N–C) groups is 1. The lowest BCUT2D eigenvalue weighted by atomic mass is 10.3. The van der Waals surface area contributed by atoms with Crippen molar-refractivity contribution < 1.29 is 0 Å². The van der Waals surface area contributed by atoms with E-state index in [1.54, 1.807) is 6.21 Å². The molecule has 0 atom stereocenters. The maximum Gasteiger partial charge on any atom is 0.0625 e. The van der Waals surface area contributed by atoms with Gasteiger partial charge in [0.25, 0.3) is 0 Å². The predicted molar refractivity (Wildman–Crippen MR) is 44.6 cm³/mol. The fraction of sp³-hybridized carbons (Fsp3) is 0.111. The quantitative estimate of drug-likeness (QED) is 0.548. The maximum absolute atomic E-state index is 4.14. The van der Waals surface area contributed by atoms with Gasteiger partial charge in [-0.15, -0.1) is 0 Å². The van der Waals surface area contributed by atoms with Crippen molar-refractivity contribution in [3.05, 3.63) is 37.3 Å². The van der Waals surface area contributed by atoms with E-state index in [2.05, 4.69) is 11.9 Å². The molecule has 0 aliphatic carbocycles. The van der Waals surface area contributed by atoms with Crippen molar-refractivity contribution in [2.45, 2.75) is 6.42 Å². The zero-order valence-electron chi connectivity index (χ0n) is 5.83. The normalized spacial score (nSPS) is 10.5. The lowest BCUT2D eigenvalue weighted by Gasteiger charge is -1.88. The average Bonchev–Trinajstić information content (AvgIpc) is 2.03. The molecule has 1 aromatic rings. The van der Waals surface area contributed by atoms with Crippen LogP contribution < -0.4 is 0 Å². The van der Waals surface area contributed by atoms with E-state index in [1.165, 1.54) is 0 Å². The summed E-state index contributed by atoms with van der Waals surface area (Å²) in [6.45, 7) is 3.65. The van der Waals surface area contributed by atoms with E-state index in [0.717, 1.165) is 12.1 Å². The molecule has 0 saturated heterocycles. The molecule has 0 heterocycles. The first-order valence-electron chi connectivity index (χ1n) is 3.30. The first-order chi connectivity index (χ1) is 4.93. The molecule has 0 fully saturated rings. The summed E-state index contributed by atoms with van der Waals surface area (Å²) in [7, 11) is 0. The van der Waals surface area contributed by atoms with E-state index in [4.69, 9.17) is 0 Å². The Bertz CT molecular complexity index is 201. The first-order valence-corrected chi connectivity index (χ1v) is 3.30. The summed E-state index contributed by atoms with van der Waals surface area (Å²) in [6.07, 6.45) is 2.55. The Labute approximate surface area is 61.4 Å². The maximum atomic E-state index is 4.14. The zero-order valence-corrected chi connectivity index (χ0v) is 5.83. The van der Waals surface area contributed by atoms with Gasteiger partial charge in [-0.2, -0.15) is 0 Å². The van der Waals surface area contributed by atoms with Gasteiger partial charge in [0.05, 0.1) is 5.69 Å². The third-order valence-electron chi connectivity index (χ3n) is 1.13. The molecule has 1 rings (SSSR count). The third kappa shape index (κ3) is 2.02. The van der Waals surface area contributed by atoms with E-state index < -0.39 is 0 Å². The van der Waals surface area contributed by atoms with Crippen molar-refractivity contribution in [3.8, 4) is 0 Å². The SMILES string of the molecule is [CH2]CC=Nc1ccccc1. The number of hydrogen-bond acceptors (Lipinski definition) is 1. The first kappa shape index (κ1) is 7.00. The molecule has 0 saturated carbocycles. The predicted octanol–water partition coefficient (Wildman–Crippen LogP) is 2.61. The van der Waals surface area contributed by atoms with E-state index in [0.29, 0.717) is 0 Å². The summed E-state index contributed by atoms with van der Waals surface area (Å²) >= 11 is 0. The summed E-state index contributed by atoms with van der Waals surface area (Å²) in [4.78, 5) is 4.14. The molecular weight excluding hydrogens is 122 g/mol. The fourth-order valence-electron chi connectivity index (χ4n) is 0.684. The van der Waals surface area contributed by atoms with Crippen LogP contribution in [-0.2, 0) is 0 Å². The number of benzene rings is 1. The molecule has 1 radical (unpaired) electrons. The van der Waals surface area contributed by atoms with Crippen LogP contribution in [0.3, 0.4) is 0 Å². The summed E-state index contributed by atoms with van der Waals surface area (Å²) in [6, 6.07) is 9.84. The van der Waals surface area contributed by atoms with Gasteiger partial charge in [0.2, 0.25) is 0 Å². The monoisotopic (exact) mass is 132 g/mol. The van der Waals surface area contributed by atoms with Crippen LogP contribution in [0.2, 0.25) is 0 Å². The number of para-hydroxylation sites is 1. The highest BCUT2D eigenvalue weighted by Gasteiger charge is 1.79. The minimum atomic E-state index is 0.745. The number of rotatable bonds is 2. The van der Waals surface area contributed by atoms with Gasteiger partial charge in [-0.1, -0.05) is 18.2 Å². The van der Waals surface area contributed by atoms with Gasteiger partial charge in [-0.25, -0.2) is 0 Å². The van der Waals surface area contributed by atoms with E-state index in [9.17, 15) is 0 Å². The Morgan fingerprint density at radius 2 is 2.00 bits per heavy atom. The molecule has 0 aromatic heterocycles. The number of hydrogen-bond donors (Lipinski definition) is 0. The third-order valence-corrected chi connectivity index (χ3v) is 1.13. The van der Waals surface area contributed by atoms with Crippen LogP contribution in [0.15, 0.2) is 35.3 Å². The standard InChI is InChI=1S/C9H10N/c1-2-8-10-9-6-4-3-5-7-9/h3-8H,1-2H2. The molecular formula is C9H10N. The molecule has 0 bridgehead atoms. The second kappa shape index (κ2) is 3.83. The Kier molecular flexibility index (Phi) is 2.68. The number of nitrogens with zero attached hydrogens (tertiary/aromatic N) is 1.